The lowest BCUT2D eigenvalue weighted by Gasteiger charge is -2.10. The number of sulfone groups is 1. The minimum atomic E-state index is -4.01. The Morgan fingerprint density at radius 1 is 1.23 bits per heavy atom. The molecule has 0 saturated heterocycles. The second-order valence-corrected chi connectivity index (χ2v) is 9.70. The predicted octanol–water partition coefficient (Wildman–Crippen LogP) is 3.30. The lowest BCUT2D eigenvalue weighted by Crippen LogP contribution is -2.20. The third-order valence-electron chi connectivity index (χ3n) is 4.14. The Balaban J connectivity index is 1.71. The van der Waals surface area contributed by atoms with Crippen LogP contribution in [0.3, 0.4) is 0 Å². The quantitative estimate of drug-likeness (QED) is 0.394. The van der Waals surface area contributed by atoms with Crippen LogP contribution in [0.2, 0.25) is 5.02 Å². The summed E-state index contributed by atoms with van der Waals surface area (Å²) in [5, 5.41) is 3.21. The summed E-state index contributed by atoms with van der Waals surface area (Å²) in [4.78, 5) is 30.5. The first-order valence-corrected chi connectivity index (χ1v) is 11.7. The van der Waals surface area contributed by atoms with Crippen molar-refractivity contribution < 1.29 is 17.9 Å². The number of H-pyrrole nitrogens is 1. The summed E-state index contributed by atoms with van der Waals surface area (Å²) < 4.78 is 30.5. The van der Waals surface area contributed by atoms with Gasteiger partial charge in [-0.05, 0) is 37.3 Å². The Morgan fingerprint density at radius 3 is 2.58 bits per heavy atom. The number of carbonyl (C=O) groups excluding carboxylic acids is 1. The first-order valence-electron chi connectivity index (χ1n) is 8.88. The maximum absolute atomic E-state index is 12.7. The van der Waals surface area contributed by atoms with E-state index in [1.165, 1.54) is 19.2 Å². The van der Waals surface area contributed by atoms with Gasteiger partial charge in [0.25, 0.3) is 5.56 Å². The highest BCUT2D eigenvalue weighted by Crippen LogP contribution is 2.28. The molecule has 162 valence electrons. The Labute approximate surface area is 187 Å². The van der Waals surface area contributed by atoms with Gasteiger partial charge in [0, 0.05) is 5.02 Å². The number of rotatable bonds is 7. The number of aromatic amines is 1. The van der Waals surface area contributed by atoms with Gasteiger partial charge in [-0.15, -0.1) is 0 Å². The van der Waals surface area contributed by atoms with E-state index in [0.29, 0.717) is 16.5 Å². The molecule has 0 fully saturated rings. The number of aromatic nitrogens is 2. The fraction of sp³-hybridized carbons (Fsp3) is 0.150. The molecule has 0 aliphatic carbocycles. The smallest absolute Gasteiger partial charge is 0.270 e. The Hall–Kier alpha value is -2.82. The van der Waals surface area contributed by atoms with E-state index in [1.54, 1.807) is 30.3 Å². The summed E-state index contributed by atoms with van der Waals surface area (Å²) in [7, 11) is -2.54. The van der Waals surface area contributed by atoms with Gasteiger partial charge in [0.15, 0.2) is 10.1 Å². The zero-order chi connectivity index (χ0) is 22.6. The molecule has 0 aliphatic rings. The topological polar surface area (TPSA) is 118 Å². The van der Waals surface area contributed by atoms with Gasteiger partial charge < -0.3 is 15.0 Å². The zero-order valence-corrected chi connectivity index (χ0v) is 18.9. The molecule has 1 aromatic heterocycles. The largest absolute Gasteiger partial charge is 0.495 e. The van der Waals surface area contributed by atoms with Crippen LogP contribution in [-0.4, -0.2) is 37.2 Å². The molecule has 0 saturated carbocycles. The molecule has 2 N–H and O–H groups in total. The van der Waals surface area contributed by atoms with Crippen molar-refractivity contribution in [2.75, 3.05) is 18.2 Å². The molecule has 0 unspecified atom stereocenters. The van der Waals surface area contributed by atoms with Crippen LogP contribution in [0.5, 0.6) is 5.75 Å². The molecule has 0 atom stereocenters. The Morgan fingerprint density at radius 2 is 1.94 bits per heavy atom. The van der Waals surface area contributed by atoms with Crippen LogP contribution < -0.4 is 15.6 Å². The minimum absolute atomic E-state index is 0.000602. The van der Waals surface area contributed by atoms with Crippen molar-refractivity contribution in [1.82, 2.24) is 9.97 Å². The average Bonchev–Trinajstić information content (AvgIpc) is 2.72. The minimum Gasteiger partial charge on any atom is -0.495 e. The van der Waals surface area contributed by atoms with Crippen molar-refractivity contribution in [2.24, 2.45) is 0 Å². The first kappa shape index (κ1) is 22.9. The van der Waals surface area contributed by atoms with Crippen LogP contribution in [0, 0.1) is 6.92 Å². The van der Waals surface area contributed by atoms with Crippen molar-refractivity contribution in [1.29, 1.82) is 0 Å². The third-order valence-corrected chi connectivity index (χ3v) is 7.02. The molecule has 0 radical (unpaired) electrons. The number of anilines is 1. The number of hydrogen-bond donors (Lipinski definition) is 2. The second kappa shape index (κ2) is 9.54. The van der Waals surface area contributed by atoms with Gasteiger partial charge in [-0.25, -0.2) is 13.4 Å². The van der Waals surface area contributed by atoms with Crippen molar-refractivity contribution in [3.05, 3.63) is 69.6 Å². The number of methoxy groups -OCH3 is 1. The van der Waals surface area contributed by atoms with Gasteiger partial charge in [0.1, 0.15) is 5.75 Å². The molecule has 0 bridgehead atoms. The summed E-state index contributed by atoms with van der Waals surface area (Å²) in [6.45, 7) is 1.83. The molecular formula is C20H18ClN3O5S2. The van der Waals surface area contributed by atoms with Crippen molar-refractivity contribution >= 4 is 44.8 Å². The lowest BCUT2D eigenvalue weighted by molar-refractivity contribution is -0.113. The van der Waals surface area contributed by atoms with Gasteiger partial charge in [-0.1, -0.05) is 41.1 Å². The number of amides is 1. The fourth-order valence-corrected chi connectivity index (χ4v) is 4.61. The highest BCUT2D eigenvalue weighted by molar-refractivity contribution is 7.99. The molecule has 11 heteroatoms. The van der Waals surface area contributed by atoms with E-state index in [9.17, 15) is 18.0 Å². The average molecular weight is 480 g/mol. The molecule has 8 nitrogen and oxygen atoms in total. The normalized spacial score (nSPS) is 11.2. The predicted molar refractivity (Wildman–Crippen MR) is 119 cm³/mol. The van der Waals surface area contributed by atoms with Crippen LogP contribution >= 0.6 is 23.4 Å². The third kappa shape index (κ3) is 5.46. The standard InChI is InChI=1S/C20H18ClN3O5S2/c1-12-3-6-14(7-4-12)31(27,28)17-10-22-20(24-19(17)26)30-11-18(25)23-15-9-13(21)5-8-16(15)29-2/h3-10H,11H2,1-2H3,(H,23,25)(H,22,24,26). The molecule has 0 aliphatic heterocycles. The van der Waals surface area contributed by atoms with Gasteiger partial charge >= 0.3 is 0 Å². The maximum Gasteiger partial charge on any atom is 0.270 e. The highest BCUT2D eigenvalue weighted by atomic mass is 35.5. The van der Waals surface area contributed by atoms with Gasteiger partial charge in [0.05, 0.1) is 29.6 Å². The lowest BCUT2D eigenvalue weighted by atomic mass is 10.2. The first-order chi connectivity index (χ1) is 14.7. The van der Waals surface area contributed by atoms with Crippen LogP contribution in [0.4, 0.5) is 5.69 Å². The number of nitrogens with zero attached hydrogens (tertiary/aromatic N) is 1. The maximum atomic E-state index is 12.7. The molecular weight excluding hydrogens is 462 g/mol. The summed E-state index contributed by atoms with van der Waals surface area (Å²) in [5.74, 6) is -0.0210. The SMILES string of the molecule is COc1ccc(Cl)cc1NC(=O)CSc1ncc(S(=O)(=O)c2ccc(C)cc2)c(=O)[nH]1. The van der Waals surface area contributed by atoms with Crippen LogP contribution in [0.25, 0.3) is 0 Å². The van der Waals surface area contributed by atoms with Crippen LogP contribution in [0.1, 0.15) is 5.56 Å². The fourth-order valence-electron chi connectivity index (χ4n) is 2.57. The number of benzene rings is 2. The van der Waals surface area contributed by atoms with Crippen molar-refractivity contribution in [2.45, 2.75) is 21.9 Å². The van der Waals surface area contributed by atoms with Crippen molar-refractivity contribution in [3.8, 4) is 5.75 Å². The van der Waals surface area contributed by atoms with E-state index in [1.807, 2.05) is 6.92 Å². The van der Waals surface area contributed by atoms with E-state index in [-0.39, 0.29) is 21.7 Å². The Kier molecular flexibility index (Phi) is 7.04. The van der Waals surface area contributed by atoms with Gasteiger partial charge in [-0.3, -0.25) is 9.59 Å². The van der Waals surface area contributed by atoms with E-state index in [4.69, 9.17) is 16.3 Å². The summed E-state index contributed by atoms with van der Waals surface area (Å²) >= 11 is 6.89. The summed E-state index contributed by atoms with van der Waals surface area (Å²) in [6, 6.07) is 11.0. The molecule has 3 aromatic rings. The molecule has 31 heavy (non-hydrogen) atoms. The van der Waals surface area contributed by atoms with E-state index >= 15 is 0 Å². The monoisotopic (exact) mass is 479 g/mol. The number of nitrogens with one attached hydrogen (secondary N) is 2. The molecule has 1 heterocycles. The second-order valence-electron chi connectivity index (χ2n) is 6.38. The van der Waals surface area contributed by atoms with Gasteiger partial charge in [-0.2, -0.15) is 0 Å². The van der Waals surface area contributed by atoms with E-state index in [0.717, 1.165) is 23.5 Å². The number of hydrogen-bond acceptors (Lipinski definition) is 7. The van der Waals surface area contributed by atoms with E-state index < -0.39 is 20.3 Å². The molecule has 0 spiro atoms. The number of thioether (sulfide) groups is 1. The van der Waals surface area contributed by atoms with Crippen LogP contribution in [0.15, 0.2) is 68.4 Å². The highest BCUT2D eigenvalue weighted by Gasteiger charge is 2.22. The molecule has 2 aromatic carbocycles. The number of ether oxygens (including phenoxy) is 1. The number of aryl methyl sites for hydroxylation is 1. The van der Waals surface area contributed by atoms with Gasteiger partial charge in [0.2, 0.25) is 15.7 Å². The zero-order valence-electron chi connectivity index (χ0n) is 16.5. The molecule has 1 amide bonds. The van der Waals surface area contributed by atoms with E-state index in [2.05, 4.69) is 15.3 Å². The summed E-state index contributed by atoms with van der Waals surface area (Å²) in [5.41, 5.74) is 0.489. The molecule has 3 rings (SSSR count). The Bertz CT molecular complexity index is 1270. The summed E-state index contributed by atoms with van der Waals surface area (Å²) in [6.07, 6.45) is 0.994. The number of halogens is 1. The number of carbonyl (C=O) groups is 1. The van der Waals surface area contributed by atoms with Crippen LogP contribution in [-0.2, 0) is 14.6 Å². The van der Waals surface area contributed by atoms with Crippen molar-refractivity contribution in [3.63, 3.8) is 0 Å².